The van der Waals surface area contributed by atoms with Crippen LogP contribution in [0.5, 0.6) is 0 Å². The molecule has 0 fully saturated rings. The van der Waals surface area contributed by atoms with Crippen LogP contribution in [0.3, 0.4) is 0 Å². The second-order valence-electron chi connectivity index (χ2n) is 6.78. The summed E-state index contributed by atoms with van der Waals surface area (Å²) >= 11 is 6.31. The fraction of sp³-hybridized carbons (Fsp3) is 0.286. The Morgan fingerprint density at radius 2 is 1.21 bits per heavy atom. The normalized spacial score (nSPS) is 11.1. The molecule has 124 valence electrons. The van der Waals surface area contributed by atoms with Crippen LogP contribution >= 0.6 is 11.6 Å². The minimum absolute atomic E-state index is 0.517. The molecule has 0 amide bonds. The zero-order chi connectivity index (χ0) is 17.6. The van der Waals surface area contributed by atoms with Gasteiger partial charge in [0.15, 0.2) is 0 Å². The summed E-state index contributed by atoms with van der Waals surface area (Å²) < 4.78 is 2.14. The second-order valence-corrected chi connectivity index (χ2v) is 7.17. The Kier molecular flexibility index (Phi) is 4.27. The Morgan fingerprint density at radius 3 is 1.71 bits per heavy atom. The highest BCUT2D eigenvalue weighted by atomic mass is 35.5. The summed E-state index contributed by atoms with van der Waals surface area (Å²) in [5, 5.41) is 0.517. The lowest BCUT2D eigenvalue weighted by Gasteiger charge is -2.17. The van der Waals surface area contributed by atoms with Crippen molar-refractivity contribution < 1.29 is 0 Å². The van der Waals surface area contributed by atoms with Crippen molar-refractivity contribution >= 4 is 11.6 Å². The molecule has 3 rings (SSSR count). The maximum Gasteiger partial charge on any atom is 0.148 e. The third-order valence-corrected chi connectivity index (χ3v) is 4.64. The molecule has 0 N–H and O–H groups in total. The van der Waals surface area contributed by atoms with Gasteiger partial charge in [0.05, 0.1) is 5.69 Å². The van der Waals surface area contributed by atoms with Crippen LogP contribution in [0.4, 0.5) is 0 Å². The minimum Gasteiger partial charge on any atom is -0.298 e. The molecule has 0 radical (unpaired) electrons. The van der Waals surface area contributed by atoms with Gasteiger partial charge < -0.3 is 0 Å². The van der Waals surface area contributed by atoms with Crippen molar-refractivity contribution in [1.29, 1.82) is 0 Å². The summed E-state index contributed by atoms with van der Waals surface area (Å²) in [5.41, 5.74) is 9.75. The van der Waals surface area contributed by atoms with E-state index in [2.05, 4.69) is 75.4 Å². The molecule has 0 aliphatic carbocycles. The summed E-state index contributed by atoms with van der Waals surface area (Å²) in [6.07, 6.45) is 1.92. The molecule has 3 heteroatoms. The van der Waals surface area contributed by atoms with E-state index in [9.17, 15) is 0 Å². The predicted octanol–water partition coefficient (Wildman–Crippen LogP) is 6.04. The van der Waals surface area contributed by atoms with Crippen LogP contribution < -0.4 is 0 Å². The lowest BCUT2D eigenvalue weighted by Crippen LogP contribution is -2.04. The second kappa shape index (κ2) is 6.10. The summed E-state index contributed by atoms with van der Waals surface area (Å²) in [7, 11) is 0. The zero-order valence-electron chi connectivity index (χ0n) is 15.2. The van der Waals surface area contributed by atoms with Gasteiger partial charge in [-0.1, -0.05) is 47.0 Å². The van der Waals surface area contributed by atoms with Crippen LogP contribution in [-0.2, 0) is 0 Å². The first kappa shape index (κ1) is 16.8. The number of rotatable bonds is 2. The number of benzene rings is 2. The molecule has 0 bridgehead atoms. The molecule has 3 aromatic rings. The van der Waals surface area contributed by atoms with Crippen LogP contribution in [0.15, 0.2) is 30.5 Å². The third kappa shape index (κ3) is 2.87. The summed E-state index contributed by atoms with van der Waals surface area (Å²) in [6, 6.07) is 8.80. The van der Waals surface area contributed by atoms with Crippen molar-refractivity contribution in [2.24, 2.45) is 0 Å². The molecule has 24 heavy (non-hydrogen) atoms. The van der Waals surface area contributed by atoms with Crippen molar-refractivity contribution in [1.82, 2.24) is 9.55 Å². The van der Waals surface area contributed by atoms with E-state index in [1.807, 2.05) is 6.20 Å². The van der Waals surface area contributed by atoms with Crippen molar-refractivity contribution in [3.8, 4) is 17.1 Å². The highest BCUT2D eigenvalue weighted by molar-refractivity contribution is 6.29. The first-order chi connectivity index (χ1) is 11.3. The van der Waals surface area contributed by atoms with Crippen LogP contribution in [-0.4, -0.2) is 9.55 Å². The fourth-order valence-electron chi connectivity index (χ4n) is 3.78. The number of aryl methyl sites for hydroxylation is 6. The van der Waals surface area contributed by atoms with Crippen molar-refractivity contribution in [2.45, 2.75) is 41.5 Å². The van der Waals surface area contributed by atoms with E-state index in [0.717, 1.165) is 17.1 Å². The molecule has 0 spiro atoms. The van der Waals surface area contributed by atoms with Gasteiger partial charge in [-0.05, 0) is 63.8 Å². The van der Waals surface area contributed by atoms with Gasteiger partial charge in [-0.15, -0.1) is 0 Å². The Hall–Kier alpha value is -2.06. The van der Waals surface area contributed by atoms with Gasteiger partial charge in [0.1, 0.15) is 11.0 Å². The van der Waals surface area contributed by atoms with Gasteiger partial charge in [0.25, 0.3) is 0 Å². The topological polar surface area (TPSA) is 17.8 Å². The van der Waals surface area contributed by atoms with E-state index in [0.29, 0.717) is 5.15 Å². The van der Waals surface area contributed by atoms with Crippen molar-refractivity contribution in [3.05, 3.63) is 69.0 Å². The smallest absolute Gasteiger partial charge is 0.148 e. The number of nitrogens with zero attached hydrogens (tertiary/aromatic N) is 2. The number of hydrogen-bond donors (Lipinski definition) is 0. The Balaban J connectivity index is 2.32. The number of aromatic nitrogens is 2. The molecule has 0 saturated carbocycles. The van der Waals surface area contributed by atoms with Crippen molar-refractivity contribution in [3.63, 3.8) is 0 Å². The van der Waals surface area contributed by atoms with Gasteiger partial charge in [-0.2, -0.15) is 0 Å². The standard InChI is InChI=1S/C21H23ClN2/c1-12-7-14(3)19(15(4)8-12)21-23-18(22)11-24(21)20-16(5)9-13(2)10-17(20)6/h7-11H,1-6H3. The average molecular weight is 339 g/mol. The first-order valence-corrected chi connectivity index (χ1v) is 8.57. The molecule has 0 saturated heterocycles. The highest BCUT2D eigenvalue weighted by Gasteiger charge is 2.18. The quantitative estimate of drug-likeness (QED) is 0.556. The molecule has 0 aliphatic rings. The van der Waals surface area contributed by atoms with Crippen molar-refractivity contribution in [2.75, 3.05) is 0 Å². The van der Waals surface area contributed by atoms with Crippen LogP contribution in [0.1, 0.15) is 33.4 Å². The SMILES string of the molecule is Cc1cc(C)c(-c2nc(Cl)cn2-c2c(C)cc(C)cc2C)c(C)c1. The largest absolute Gasteiger partial charge is 0.298 e. The first-order valence-electron chi connectivity index (χ1n) is 8.19. The lowest BCUT2D eigenvalue weighted by molar-refractivity contribution is 1.02. The highest BCUT2D eigenvalue weighted by Crippen LogP contribution is 2.33. The van der Waals surface area contributed by atoms with E-state index < -0.39 is 0 Å². The number of hydrogen-bond acceptors (Lipinski definition) is 1. The number of halogens is 1. The van der Waals surface area contributed by atoms with Crippen LogP contribution in [0.2, 0.25) is 5.15 Å². The Labute approximate surface area is 149 Å². The third-order valence-electron chi connectivity index (χ3n) is 4.45. The molecular formula is C21H23ClN2. The van der Waals surface area contributed by atoms with Gasteiger partial charge in [0.2, 0.25) is 0 Å². The maximum atomic E-state index is 6.31. The zero-order valence-corrected chi connectivity index (χ0v) is 15.9. The van der Waals surface area contributed by atoms with E-state index in [1.54, 1.807) is 0 Å². The molecule has 0 aliphatic heterocycles. The molecule has 2 nitrogen and oxygen atoms in total. The minimum atomic E-state index is 0.517. The number of imidazole rings is 1. The van der Waals surface area contributed by atoms with E-state index in [-0.39, 0.29) is 0 Å². The Morgan fingerprint density at radius 1 is 0.750 bits per heavy atom. The molecule has 2 aromatic carbocycles. The van der Waals surface area contributed by atoms with E-state index in [1.165, 1.54) is 33.4 Å². The molecule has 1 aromatic heterocycles. The molecule has 0 unspecified atom stereocenters. The van der Waals surface area contributed by atoms with Crippen LogP contribution in [0.25, 0.3) is 17.1 Å². The van der Waals surface area contributed by atoms with Gasteiger partial charge in [-0.3, -0.25) is 4.57 Å². The van der Waals surface area contributed by atoms with E-state index in [4.69, 9.17) is 11.6 Å². The van der Waals surface area contributed by atoms with Gasteiger partial charge >= 0.3 is 0 Å². The fourth-order valence-corrected chi connectivity index (χ4v) is 3.96. The van der Waals surface area contributed by atoms with Gasteiger partial charge in [0, 0.05) is 11.8 Å². The summed E-state index contributed by atoms with van der Waals surface area (Å²) in [6.45, 7) is 12.8. The van der Waals surface area contributed by atoms with E-state index >= 15 is 0 Å². The average Bonchev–Trinajstić information content (AvgIpc) is 2.77. The maximum absolute atomic E-state index is 6.31. The van der Waals surface area contributed by atoms with Crippen LogP contribution in [0, 0.1) is 41.5 Å². The monoisotopic (exact) mass is 338 g/mol. The molecule has 0 atom stereocenters. The predicted molar refractivity (Wildman–Crippen MR) is 102 cm³/mol. The lowest BCUT2D eigenvalue weighted by atomic mass is 9.98. The Bertz CT molecular complexity index is 814. The molecular weight excluding hydrogens is 316 g/mol. The summed E-state index contributed by atoms with van der Waals surface area (Å²) in [4.78, 5) is 4.64. The summed E-state index contributed by atoms with van der Waals surface area (Å²) in [5.74, 6) is 0.907. The van der Waals surface area contributed by atoms with Gasteiger partial charge in [-0.25, -0.2) is 4.98 Å². The molecule has 1 heterocycles.